The summed E-state index contributed by atoms with van der Waals surface area (Å²) in [5, 5.41) is 4.91. The Kier molecular flexibility index (Phi) is 5.43. The number of benzene rings is 1. The summed E-state index contributed by atoms with van der Waals surface area (Å²) >= 11 is 0. The topological polar surface area (TPSA) is 83.5 Å². The maximum atomic E-state index is 13.1. The Hall–Kier alpha value is -4.28. The van der Waals surface area contributed by atoms with Crippen LogP contribution in [0.1, 0.15) is 41.3 Å². The van der Waals surface area contributed by atoms with Gasteiger partial charge in [0.25, 0.3) is 0 Å². The van der Waals surface area contributed by atoms with Gasteiger partial charge in [-0.1, -0.05) is 24.3 Å². The zero-order valence-electron chi connectivity index (χ0n) is 20.1. The van der Waals surface area contributed by atoms with Crippen molar-refractivity contribution >= 4 is 11.0 Å². The van der Waals surface area contributed by atoms with Crippen LogP contribution in [0.2, 0.25) is 0 Å². The van der Waals surface area contributed by atoms with E-state index in [1.165, 1.54) is 10.9 Å². The maximum absolute atomic E-state index is 13.1. The molecule has 0 radical (unpaired) electrons. The van der Waals surface area contributed by atoms with Crippen LogP contribution < -0.4 is 4.74 Å². The van der Waals surface area contributed by atoms with Crippen LogP contribution in [0.5, 0.6) is 5.88 Å². The summed E-state index contributed by atoms with van der Waals surface area (Å²) in [6, 6.07) is 9.27. The van der Waals surface area contributed by atoms with E-state index in [0.717, 1.165) is 47.1 Å². The molecule has 1 fully saturated rings. The number of rotatable bonds is 6. The number of pyridine rings is 1. The molecular weight excluding hydrogens is 483 g/mol. The van der Waals surface area contributed by atoms with E-state index in [2.05, 4.69) is 19.9 Å². The van der Waals surface area contributed by atoms with E-state index in [0.29, 0.717) is 29.3 Å². The van der Waals surface area contributed by atoms with Crippen molar-refractivity contribution in [2.24, 2.45) is 7.05 Å². The molecule has 4 aromatic heterocycles. The van der Waals surface area contributed by atoms with E-state index in [-0.39, 0.29) is 5.82 Å². The number of aryl methyl sites for hydroxylation is 1. The van der Waals surface area contributed by atoms with Gasteiger partial charge in [0.1, 0.15) is 28.9 Å². The van der Waals surface area contributed by atoms with Gasteiger partial charge in [-0.3, -0.25) is 0 Å². The second kappa shape index (κ2) is 8.68. The number of imidazole rings is 1. The van der Waals surface area contributed by atoms with E-state index < -0.39 is 11.9 Å². The van der Waals surface area contributed by atoms with Crippen LogP contribution in [0.25, 0.3) is 28.1 Å². The highest BCUT2D eigenvalue weighted by atomic mass is 19.4. The van der Waals surface area contributed by atoms with Crippen molar-refractivity contribution in [2.75, 3.05) is 7.11 Å². The quantitative estimate of drug-likeness (QED) is 0.319. The maximum Gasteiger partial charge on any atom is 0.434 e. The lowest BCUT2D eigenvalue weighted by molar-refractivity contribution is -0.140. The molecule has 1 aliphatic carbocycles. The average Bonchev–Trinajstić information content (AvgIpc) is 3.57. The molecule has 0 atom stereocenters. The molecule has 6 rings (SSSR count). The number of hydrogen-bond donors (Lipinski definition) is 0. The number of alkyl halides is 3. The lowest BCUT2D eigenvalue weighted by atomic mass is 10.1. The van der Waals surface area contributed by atoms with Crippen LogP contribution in [0.4, 0.5) is 13.2 Å². The van der Waals surface area contributed by atoms with Gasteiger partial charge in [-0.2, -0.15) is 18.3 Å². The van der Waals surface area contributed by atoms with E-state index in [4.69, 9.17) is 9.84 Å². The highest BCUT2D eigenvalue weighted by Crippen LogP contribution is 2.45. The summed E-state index contributed by atoms with van der Waals surface area (Å²) in [5.74, 6) is 1.18. The van der Waals surface area contributed by atoms with E-state index in [1.54, 1.807) is 38.7 Å². The van der Waals surface area contributed by atoms with Crippen LogP contribution in [0, 0.1) is 0 Å². The first-order valence-electron chi connectivity index (χ1n) is 11.7. The number of nitrogens with zero attached hydrogens (tertiary/aromatic N) is 7. The SMILES string of the molecule is COc1nccc(C2CC2)c1-n1nc(Cc2ccc(-c3nc(C(F)(F)F)cn3C)cc2)c2ncncc21. The molecule has 37 heavy (non-hydrogen) atoms. The average molecular weight is 506 g/mol. The third-order valence-corrected chi connectivity index (χ3v) is 6.51. The van der Waals surface area contributed by atoms with E-state index >= 15 is 0 Å². The number of halogens is 3. The van der Waals surface area contributed by atoms with Crippen LogP contribution in [-0.4, -0.2) is 41.4 Å². The Balaban J connectivity index is 1.37. The lowest BCUT2D eigenvalue weighted by Crippen LogP contribution is -2.06. The third-order valence-electron chi connectivity index (χ3n) is 6.51. The monoisotopic (exact) mass is 505 g/mol. The fraction of sp³-hybridized carbons (Fsp3) is 0.269. The number of hydrogen-bond acceptors (Lipinski definition) is 6. The third kappa shape index (κ3) is 4.20. The Bertz CT molecular complexity index is 1600. The van der Waals surface area contributed by atoms with Crippen molar-refractivity contribution in [3.63, 3.8) is 0 Å². The van der Waals surface area contributed by atoms with Crippen molar-refractivity contribution in [3.05, 3.63) is 77.8 Å². The number of fused-ring (bicyclic) bond motifs is 1. The summed E-state index contributed by atoms with van der Waals surface area (Å²) in [4.78, 5) is 16.9. The normalized spacial score (nSPS) is 13.9. The number of ether oxygens (including phenoxy) is 1. The van der Waals surface area contributed by atoms with Crippen molar-refractivity contribution in [2.45, 2.75) is 31.4 Å². The van der Waals surface area contributed by atoms with Gasteiger partial charge in [-0.05, 0) is 36.0 Å². The highest BCUT2D eigenvalue weighted by Gasteiger charge is 2.34. The van der Waals surface area contributed by atoms with Gasteiger partial charge in [-0.15, -0.1) is 0 Å². The van der Waals surface area contributed by atoms with Gasteiger partial charge < -0.3 is 9.30 Å². The smallest absolute Gasteiger partial charge is 0.434 e. The first-order chi connectivity index (χ1) is 17.8. The molecule has 1 saturated carbocycles. The fourth-order valence-electron chi connectivity index (χ4n) is 4.58. The molecule has 0 unspecified atom stereocenters. The fourth-order valence-corrected chi connectivity index (χ4v) is 4.58. The summed E-state index contributed by atoms with van der Waals surface area (Å²) in [5.41, 5.74) is 4.73. The molecule has 5 aromatic rings. The lowest BCUT2D eigenvalue weighted by Gasteiger charge is -2.13. The molecule has 1 aliphatic rings. The molecule has 0 aliphatic heterocycles. The van der Waals surface area contributed by atoms with Crippen molar-refractivity contribution in [1.82, 2.24) is 34.3 Å². The zero-order chi connectivity index (χ0) is 25.7. The van der Waals surface area contributed by atoms with Crippen LogP contribution in [-0.2, 0) is 19.6 Å². The molecule has 0 amide bonds. The molecule has 0 saturated heterocycles. The number of methoxy groups -OCH3 is 1. The minimum Gasteiger partial charge on any atom is -0.479 e. The molecule has 0 bridgehead atoms. The summed E-state index contributed by atoms with van der Waals surface area (Å²) < 4.78 is 48.0. The molecule has 11 heteroatoms. The standard InChI is InChI=1S/C26H22F3N7O/c1-35-13-21(26(27,28)29)33-24(35)17-5-3-15(4-6-17)11-19-22-20(12-30-14-32-22)36(34-19)23-18(16-7-8-16)9-10-31-25(23)37-2/h3-6,9-10,12-14,16H,7-8,11H2,1-2H3. The second-order valence-electron chi connectivity index (χ2n) is 9.08. The van der Waals surface area contributed by atoms with Gasteiger partial charge >= 0.3 is 6.18 Å². The van der Waals surface area contributed by atoms with Gasteiger partial charge in [0, 0.05) is 31.4 Å². The predicted molar refractivity (Wildman–Crippen MR) is 129 cm³/mol. The highest BCUT2D eigenvalue weighted by molar-refractivity contribution is 5.80. The summed E-state index contributed by atoms with van der Waals surface area (Å²) in [6.45, 7) is 0. The minimum absolute atomic E-state index is 0.248. The largest absolute Gasteiger partial charge is 0.479 e. The van der Waals surface area contributed by atoms with Gasteiger partial charge in [0.2, 0.25) is 5.88 Å². The van der Waals surface area contributed by atoms with Crippen LogP contribution in [0.3, 0.4) is 0 Å². The summed E-state index contributed by atoms with van der Waals surface area (Å²) in [7, 11) is 3.14. The molecule has 1 aromatic carbocycles. The van der Waals surface area contributed by atoms with Gasteiger partial charge in [-0.25, -0.2) is 24.6 Å². The molecule has 4 heterocycles. The Morgan fingerprint density at radius 1 is 1.08 bits per heavy atom. The van der Waals surface area contributed by atoms with Crippen LogP contribution >= 0.6 is 0 Å². The first kappa shape index (κ1) is 23.1. The number of aromatic nitrogens is 7. The van der Waals surface area contributed by atoms with Crippen molar-refractivity contribution in [3.8, 4) is 23.0 Å². The van der Waals surface area contributed by atoms with Crippen molar-refractivity contribution < 1.29 is 17.9 Å². The van der Waals surface area contributed by atoms with Crippen LogP contribution in [0.15, 0.2) is 55.2 Å². The van der Waals surface area contributed by atoms with E-state index in [9.17, 15) is 13.2 Å². The molecule has 0 spiro atoms. The minimum atomic E-state index is -4.49. The van der Waals surface area contributed by atoms with Gasteiger partial charge in [0.05, 0.1) is 19.0 Å². The van der Waals surface area contributed by atoms with Gasteiger partial charge in [0.15, 0.2) is 5.69 Å². The van der Waals surface area contributed by atoms with Crippen molar-refractivity contribution in [1.29, 1.82) is 0 Å². The second-order valence-corrected chi connectivity index (χ2v) is 9.08. The van der Waals surface area contributed by atoms with E-state index in [1.807, 2.05) is 22.9 Å². The Morgan fingerprint density at radius 2 is 1.86 bits per heavy atom. The molecule has 8 nitrogen and oxygen atoms in total. The first-order valence-corrected chi connectivity index (χ1v) is 11.7. The zero-order valence-corrected chi connectivity index (χ0v) is 20.1. The Labute approximate surface area is 209 Å². The molecule has 188 valence electrons. The molecular formula is C26H22F3N7O. The molecule has 0 N–H and O–H groups in total. The summed E-state index contributed by atoms with van der Waals surface area (Å²) in [6.07, 6.45) is 4.15. The Morgan fingerprint density at radius 3 is 2.54 bits per heavy atom. The predicted octanol–water partition coefficient (Wildman–Crippen LogP) is 5.11.